The van der Waals surface area contributed by atoms with Crippen molar-refractivity contribution in [1.82, 2.24) is 9.80 Å². The van der Waals surface area contributed by atoms with Gasteiger partial charge in [-0.2, -0.15) is 0 Å². The third-order valence-electron chi connectivity index (χ3n) is 7.78. The molecule has 152 valence electrons. The van der Waals surface area contributed by atoms with Crippen LogP contribution in [-0.2, 0) is 9.53 Å². The Morgan fingerprint density at radius 3 is 2.67 bits per heavy atom. The van der Waals surface area contributed by atoms with Crippen LogP contribution in [0.1, 0.15) is 52.9 Å². The minimum Gasteiger partial charge on any atom is -0.379 e. The van der Waals surface area contributed by atoms with Crippen LogP contribution in [0.2, 0.25) is 0 Å². The minimum atomic E-state index is -1.05. The Bertz CT molecular complexity index is 584. The van der Waals surface area contributed by atoms with Gasteiger partial charge in [0.05, 0.1) is 26.2 Å². The first-order valence-corrected chi connectivity index (χ1v) is 10.4. The van der Waals surface area contributed by atoms with Gasteiger partial charge in [0.25, 0.3) is 0 Å². The number of alkyl halides is 1. The van der Waals surface area contributed by atoms with E-state index in [0.29, 0.717) is 12.3 Å². The van der Waals surface area contributed by atoms with Crippen LogP contribution in [0.15, 0.2) is 0 Å². The summed E-state index contributed by atoms with van der Waals surface area (Å²) in [6, 6.07) is 0. The highest BCUT2D eigenvalue weighted by atomic mass is 19.1. The van der Waals surface area contributed by atoms with Crippen LogP contribution in [0.5, 0.6) is 0 Å². The van der Waals surface area contributed by atoms with Crippen LogP contribution < -0.4 is 0 Å². The van der Waals surface area contributed by atoms with Crippen LogP contribution in [0.4, 0.5) is 4.39 Å². The number of carbonyl (C=O) groups is 1. The molecule has 3 aliphatic rings. The van der Waals surface area contributed by atoms with Crippen molar-refractivity contribution in [2.75, 3.05) is 39.4 Å². The van der Waals surface area contributed by atoms with Crippen LogP contribution >= 0.6 is 0 Å². The predicted molar refractivity (Wildman–Crippen MR) is 103 cm³/mol. The molecule has 3 fully saturated rings. The second-order valence-electron chi connectivity index (χ2n) is 9.42. The van der Waals surface area contributed by atoms with E-state index >= 15 is 0 Å². The van der Waals surface area contributed by atoms with Crippen molar-refractivity contribution < 1.29 is 13.9 Å². The summed E-state index contributed by atoms with van der Waals surface area (Å²) in [7, 11) is 0. The van der Waals surface area contributed by atoms with E-state index < -0.39 is 12.3 Å². The lowest BCUT2D eigenvalue weighted by Crippen LogP contribution is -2.44. The van der Waals surface area contributed by atoms with Crippen LogP contribution in [0, 0.1) is 23.3 Å². The molecule has 0 aromatic rings. The third-order valence-corrected chi connectivity index (χ3v) is 7.78. The zero-order chi connectivity index (χ0) is 19.7. The van der Waals surface area contributed by atoms with Crippen molar-refractivity contribution in [3.8, 4) is 0 Å². The monoisotopic (exact) mass is 379 g/mol. The van der Waals surface area contributed by atoms with Gasteiger partial charge in [-0.15, -0.1) is 0 Å². The zero-order valence-corrected chi connectivity index (χ0v) is 17.0. The Kier molecular flexibility index (Phi) is 6.12. The number of nitrogens with zero attached hydrogens (tertiary/aromatic N) is 3. The average molecular weight is 380 g/mol. The van der Waals surface area contributed by atoms with E-state index in [-0.39, 0.29) is 29.7 Å². The molecule has 1 aliphatic carbocycles. The standard InChI is InChI=1S/C21H34FN3O2/c1-20(2)16(14-24-9-11-27-12-10-24)5-7-21(20,3)8-6-19(26)25-15-17(22)13-18(25)23-4/h16-18H,5-15H2,1-3H3/t16-,17-,18-,21+/m0/s1. The van der Waals surface area contributed by atoms with Gasteiger partial charge in [0.1, 0.15) is 6.17 Å². The van der Waals surface area contributed by atoms with Gasteiger partial charge < -0.3 is 4.74 Å². The van der Waals surface area contributed by atoms with Gasteiger partial charge in [-0.1, -0.05) is 20.8 Å². The second kappa shape index (κ2) is 8.05. The molecule has 2 heterocycles. The summed E-state index contributed by atoms with van der Waals surface area (Å²) in [6.07, 6.45) is 2.06. The highest BCUT2D eigenvalue weighted by Crippen LogP contribution is 2.58. The molecule has 0 radical (unpaired) electrons. The number of amides is 1. The number of hydrogen-bond acceptors (Lipinski definition) is 3. The van der Waals surface area contributed by atoms with Crippen LogP contribution in [0.3, 0.4) is 0 Å². The van der Waals surface area contributed by atoms with E-state index in [2.05, 4.69) is 30.5 Å². The zero-order valence-electron chi connectivity index (χ0n) is 17.0. The van der Waals surface area contributed by atoms with Crippen molar-refractivity contribution in [3.63, 3.8) is 0 Å². The summed E-state index contributed by atoms with van der Waals surface area (Å²) in [5.74, 6) is 0.568. The first-order valence-electron chi connectivity index (χ1n) is 10.4. The Labute approximate surface area is 163 Å². The second-order valence-corrected chi connectivity index (χ2v) is 9.42. The Morgan fingerprint density at radius 1 is 1.30 bits per heavy atom. The van der Waals surface area contributed by atoms with E-state index in [1.165, 1.54) is 11.3 Å². The number of likely N-dealkylation sites (tertiary alicyclic amines) is 1. The lowest BCUT2D eigenvalue weighted by atomic mass is 9.63. The third kappa shape index (κ3) is 4.14. The Hall–Kier alpha value is -1.19. The first-order chi connectivity index (χ1) is 12.8. The fraction of sp³-hybridized carbons (Fsp3) is 0.905. The lowest BCUT2D eigenvalue weighted by Gasteiger charge is -2.44. The van der Waals surface area contributed by atoms with Crippen LogP contribution in [-0.4, -0.2) is 67.4 Å². The molecule has 2 aliphatic heterocycles. The van der Waals surface area contributed by atoms with Gasteiger partial charge >= 0.3 is 6.17 Å². The topological polar surface area (TPSA) is 37.1 Å². The highest BCUT2D eigenvalue weighted by molar-refractivity contribution is 5.77. The van der Waals surface area contributed by atoms with E-state index in [1.54, 1.807) is 0 Å². The molecule has 27 heavy (non-hydrogen) atoms. The molecule has 0 unspecified atom stereocenters. The molecule has 6 heteroatoms. The highest BCUT2D eigenvalue weighted by Gasteiger charge is 2.51. The summed E-state index contributed by atoms with van der Waals surface area (Å²) in [6.45, 7) is 19.1. The largest absolute Gasteiger partial charge is 0.379 e. The molecule has 3 rings (SSSR count). The van der Waals surface area contributed by atoms with Crippen molar-refractivity contribution in [2.45, 2.75) is 65.2 Å². The number of halogens is 1. The van der Waals surface area contributed by atoms with Crippen molar-refractivity contribution in [2.24, 2.45) is 16.7 Å². The smallest absolute Gasteiger partial charge is 0.303 e. The molecule has 0 aromatic carbocycles. The number of morpholine rings is 1. The van der Waals surface area contributed by atoms with E-state index in [1.807, 2.05) is 0 Å². The minimum absolute atomic E-state index is 0.0511. The van der Waals surface area contributed by atoms with Crippen LogP contribution in [0.25, 0.3) is 4.85 Å². The molecule has 1 saturated carbocycles. The van der Waals surface area contributed by atoms with Gasteiger partial charge in [-0.3, -0.25) is 19.4 Å². The van der Waals surface area contributed by atoms with E-state index in [0.717, 1.165) is 45.7 Å². The number of carbonyl (C=O) groups excluding carboxylic acids is 1. The molecule has 2 saturated heterocycles. The molecule has 0 N–H and O–H groups in total. The molecule has 0 spiro atoms. The SMILES string of the molecule is [C-]#[N+][C@@H]1C[C@H](F)CN1C(=O)CC[C@@]1(C)CC[C@@H](CN2CCOCC2)C1(C)C. The lowest BCUT2D eigenvalue weighted by molar-refractivity contribution is -0.132. The summed E-state index contributed by atoms with van der Waals surface area (Å²) < 4.78 is 19.1. The van der Waals surface area contributed by atoms with Crippen molar-refractivity contribution in [3.05, 3.63) is 11.4 Å². The van der Waals surface area contributed by atoms with Gasteiger partial charge in [-0.25, -0.2) is 11.0 Å². The number of hydrogen-bond donors (Lipinski definition) is 0. The quantitative estimate of drug-likeness (QED) is 0.688. The maximum atomic E-state index is 13.6. The molecule has 1 amide bonds. The maximum Gasteiger partial charge on any atom is 0.303 e. The maximum absolute atomic E-state index is 13.6. The van der Waals surface area contributed by atoms with Crippen molar-refractivity contribution >= 4 is 5.91 Å². The summed E-state index contributed by atoms with van der Waals surface area (Å²) in [4.78, 5) is 20.1. The van der Waals surface area contributed by atoms with Gasteiger partial charge in [0.2, 0.25) is 5.91 Å². The normalized spacial score (nSPS) is 36.7. The number of rotatable bonds is 5. The fourth-order valence-corrected chi connectivity index (χ4v) is 5.21. The van der Waals surface area contributed by atoms with Gasteiger partial charge in [-0.05, 0) is 36.0 Å². The van der Waals surface area contributed by atoms with Gasteiger partial charge in [0.15, 0.2) is 0 Å². The number of ether oxygens (including phenoxy) is 1. The molecular formula is C21H34FN3O2. The first kappa shape index (κ1) is 20.5. The summed E-state index contributed by atoms with van der Waals surface area (Å²) in [5, 5.41) is 0. The molecule has 5 nitrogen and oxygen atoms in total. The molecule has 0 bridgehead atoms. The Morgan fingerprint density at radius 2 is 2.00 bits per heavy atom. The predicted octanol–water partition coefficient (Wildman–Crippen LogP) is 3.36. The fourth-order valence-electron chi connectivity index (χ4n) is 5.21. The Balaban J connectivity index is 1.57. The molecule has 0 aromatic heterocycles. The van der Waals surface area contributed by atoms with Crippen molar-refractivity contribution in [1.29, 1.82) is 0 Å². The molecule has 4 atom stereocenters. The molecular weight excluding hydrogens is 345 g/mol. The van der Waals surface area contributed by atoms with E-state index in [4.69, 9.17) is 11.3 Å². The average Bonchev–Trinajstić information content (AvgIpc) is 3.13. The van der Waals surface area contributed by atoms with E-state index in [9.17, 15) is 9.18 Å². The summed E-state index contributed by atoms with van der Waals surface area (Å²) in [5.41, 5.74) is 0.250. The summed E-state index contributed by atoms with van der Waals surface area (Å²) >= 11 is 0. The van der Waals surface area contributed by atoms with Gasteiger partial charge in [0, 0.05) is 26.1 Å².